The number of urea groups is 1. The molecule has 0 aromatic heterocycles. The number of Topliss-reactive ketones (excluding diaryl/α,β-unsaturated/α-hetero) is 1. The lowest BCUT2D eigenvalue weighted by molar-refractivity contribution is -0.131. The Labute approximate surface area is 154 Å². The molecule has 2 aromatic rings. The van der Waals surface area contributed by atoms with E-state index in [-0.39, 0.29) is 5.78 Å². The third-order valence-electron chi connectivity index (χ3n) is 4.47. The van der Waals surface area contributed by atoms with Gasteiger partial charge in [0.15, 0.2) is 5.78 Å². The van der Waals surface area contributed by atoms with E-state index >= 15 is 0 Å². The molecule has 1 aliphatic heterocycles. The highest BCUT2D eigenvalue weighted by atomic mass is 79.9. The maximum Gasteiger partial charge on any atom is 0.325 e. The number of rotatable bonds is 4. The van der Waals surface area contributed by atoms with E-state index in [0.717, 1.165) is 9.37 Å². The first-order chi connectivity index (χ1) is 11.8. The van der Waals surface area contributed by atoms with Crippen molar-refractivity contribution in [2.24, 2.45) is 0 Å². The Morgan fingerprint density at radius 1 is 1.08 bits per heavy atom. The lowest BCUT2D eigenvalue weighted by atomic mass is 9.91. The maximum absolute atomic E-state index is 13.0. The van der Waals surface area contributed by atoms with E-state index in [2.05, 4.69) is 21.2 Å². The first-order valence-electron chi connectivity index (χ1n) is 7.85. The van der Waals surface area contributed by atoms with Crippen molar-refractivity contribution in [3.05, 3.63) is 70.2 Å². The van der Waals surface area contributed by atoms with E-state index in [9.17, 15) is 14.4 Å². The minimum absolute atomic E-state index is 0.284. The van der Waals surface area contributed by atoms with Crippen LogP contribution in [0, 0.1) is 0 Å². The summed E-state index contributed by atoms with van der Waals surface area (Å²) < 4.78 is 0.850. The van der Waals surface area contributed by atoms with E-state index < -0.39 is 23.5 Å². The van der Waals surface area contributed by atoms with Gasteiger partial charge in [0.25, 0.3) is 5.91 Å². The number of amides is 3. The van der Waals surface area contributed by atoms with Crippen molar-refractivity contribution in [1.29, 1.82) is 0 Å². The molecule has 0 radical (unpaired) electrons. The third kappa shape index (κ3) is 2.98. The SMILES string of the molecule is CC(C(=O)c1ccc(Br)cc1)N1C(=O)N[C@](C)(c2ccccc2)C1=O. The van der Waals surface area contributed by atoms with Gasteiger partial charge in [0, 0.05) is 10.0 Å². The van der Waals surface area contributed by atoms with Crippen LogP contribution in [-0.2, 0) is 10.3 Å². The van der Waals surface area contributed by atoms with Crippen molar-refractivity contribution in [1.82, 2.24) is 10.2 Å². The summed E-state index contributed by atoms with van der Waals surface area (Å²) in [7, 11) is 0. The van der Waals surface area contributed by atoms with E-state index in [1.807, 2.05) is 6.07 Å². The Morgan fingerprint density at radius 2 is 1.68 bits per heavy atom. The molecule has 3 amide bonds. The number of benzene rings is 2. The molecule has 0 saturated carbocycles. The Hall–Kier alpha value is -2.47. The topological polar surface area (TPSA) is 66.5 Å². The minimum Gasteiger partial charge on any atom is -0.319 e. The van der Waals surface area contributed by atoms with Crippen LogP contribution in [0.4, 0.5) is 4.79 Å². The molecule has 2 aromatic carbocycles. The van der Waals surface area contributed by atoms with Crippen LogP contribution < -0.4 is 5.32 Å². The number of halogens is 1. The van der Waals surface area contributed by atoms with Crippen molar-refractivity contribution >= 4 is 33.7 Å². The van der Waals surface area contributed by atoms with Gasteiger partial charge in [-0.05, 0) is 31.5 Å². The highest BCUT2D eigenvalue weighted by Crippen LogP contribution is 2.30. The number of hydrogen-bond acceptors (Lipinski definition) is 3. The number of ketones is 1. The molecule has 1 saturated heterocycles. The second-order valence-electron chi connectivity index (χ2n) is 6.14. The fraction of sp³-hybridized carbons (Fsp3) is 0.211. The van der Waals surface area contributed by atoms with E-state index in [1.54, 1.807) is 62.4 Å². The van der Waals surface area contributed by atoms with Crippen LogP contribution in [0.3, 0.4) is 0 Å². The van der Waals surface area contributed by atoms with E-state index in [1.165, 1.54) is 0 Å². The third-order valence-corrected chi connectivity index (χ3v) is 5.00. The largest absolute Gasteiger partial charge is 0.325 e. The maximum atomic E-state index is 13.0. The van der Waals surface area contributed by atoms with Crippen LogP contribution in [0.25, 0.3) is 0 Å². The Kier molecular flexibility index (Phi) is 4.47. The highest BCUT2D eigenvalue weighted by molar-refractivity contribution is 9.10. The number of nitrogens with zero attached hydrogens (tertiary/aromatic N) is 1. The number of carbonyl (C=O) groups excluding carboxylic acids is 3. The Bertz CT molecular complexity index is 836. The van der Waals surface area contributed by atoms with Crippen LogP contribution >= 0.6 is 15.9 Å². The Morgan fingerprint density at radius 3 is 2.28 bits per heavy atom. The van der Waals surface area contributed by atoms with Crippen molar-refractivity contribution in [2.75, 3.05) is 0 Å². The molecule has 0 spiro atoms. The molecule has 1 aliphatic rings. The monoisotopic (exact) mass is 400 g/mol. The molecule has 1 unspecified atom stereocenters. The lowest BCUT2D eigenvalue weighted by Crippen LogP contribution is -2.45. The smallest absolute Gasteiger partial charge is 0.319 e. The molecule has 6 heteroatoms. The molecule has 1 heterocycles. The van der Waals surface area contributed by atoms with Gasteiger partial charge < -0.3 is 5.32 Å². The molecule has 1 N–H and O–H groups in total. The van der Waals surface area contributed by atoms with Gasteiger partial charge in [0.05, 0.1) is 0 Å². The molecule has 3 rings (SSSR count). The summed E-state index contributed by atoms with van der Waals surface area (Å²) in [5, 5.41) is 2.72. The van der Waals surface area contributed by atoms with Crippen LogP contribution in [0.5, 0.6) is 0 Å². The van der Waals surface area contributed by atoms with Crippen LogP contribution in [-0.4, -0.2) is 28.7 Å². The number of carbonyl (C=O) groups is 3. The van der Waals surface area contributed by atoms with E-state index in [4.69, 9.17) is 0 Å². The summed E-state index contributed by atoms with van der Waals surface area (Å²) in [4.78, 5) is 39.1. The van der Waals surface area contributed by atoms with Crippen molar-refractivity contribution in [3.8, 4) is 0 Å². The fourth-order valence-corrected chi connectivity index (χ4v) is 3.22. The summed E-state index contributed by atoms with van der Waals surface area (Å²) in [6.07, 6.45) is 0. The zero-order chi connectivity index (χ0) is 18.2. The predicted octanol–water partition coefficient (Wildman–Crippen LogP) is 3.49. The summed E-state index contributed by atoms with van der Waals surface area (Å²) in [5.74, 6) is -0.713. The van der Waals surface area contributed by atoms with Crippen molar-refractivity contribution < 1.29 is 14.4 Å². The Balaban J connectivity index is 1.90. The number of hydrogen-bond donors (Lipinski definition) is 1. The molecule has 25 heavy (non-hydrogen) atoms. The second kappa shape index (κ2) is 6.44. The number of imide groups is 1. The average Bonchev–Trinajstić information content (AvgIpc) is 2.85. The van der Waals surface area contributed by atoms with Crippen LogP contribution in [0.15, 0.2) is 59.1 Å². The summed E-state index contributed by atoms with van der Waals surface area (Å²) in [5.41, 5.74) is -0.0455. The quantitative estimate of drug-likeness (QED) is 0.630. The molecule has 128 valence electrons. The number of nitrogens with one attached hydrogen (secondary N) is 1. The summed E-state index contributed by atoms with van der Waals surface area (Å²) in [6, 6.07) is 14.4. The average molecular weight is 401 g/mol. The van der Waals surface area contributed by atoms with Gasteiger partial charge in [0.2, 0.25) is 0 Å². The second-order valence-corrected chi connectivity index (χ2v) is 7.06. The molecule has 5 nitrogen and oxygen atoms in total. The van der Waals surface area contributed by atoms with Crippen molar-refractivity contribution in [3.63, 3.8) is 0 Å². The zero-order valence-electron chi connectivity index (χ0n) is 13.8. The van der Waals surface area contributed by atoms with Gasteiger partial charge in [-0.25, -0.2) is 4.79 Å². The molecular formula is C19H17BrN2O3. The standard InChI is InChI=1S/C19H17BrN2O3/c1-12(16(23)13-8-10-15(20)11-9-13)22-17(24)19(2,21-18(22)25)14-6-4-3-5-7-14/h3-12H,1-2H3,(H,21,25)/t12?,19-/m1/s1. The van der Waals surface area contributed by atoms with Gasteiger partial charge >= 0.3 is 6.03 Å². The summed E-state index contributed by atoms with van der Waals surface area (Å²) >= 11 is 3.32. The fourth-order valence-electron chi connectivity index (χ4n) is 2.95. The minimum atomic E-state index is -1.17. The lowest BCUT2D eigenvalue weighted by Gasteiger charge is -2.24. The normalized spacial score (nSPS) is 21.2. The van der Waals surface area contributed by atoms with Gasteiger partial charge in [-0.3, -0.25) is 14.5 Å². The first-order valence-corrected chi connectivity index (χ1v) is 8.65. The highest BCUT2D eigenvalue weighted by Gasteiger charge is 2.51. The molecule has 2 atom stereocenters. The molecular weight excluding hydrogens is 384 g/mol. The zero-order valence-corrected chi connectivity index (χ0v) is 15.4. The van der Waals surface area contributed by atoms with Gasteiger partial charge in [-0.2, -0.15) is 0 Å². The van der Waals surface area contributed by atoms with Gasteiger partial charge in [-0.1, -0.05) is 58.4 Å². The van der Waals surface area contributed by atoms with Gasteiger partial charge in [0.1, 0.15) is 11.6 Å². The predicted molar refractivity (Wildman–Crippen MR) is 97.1 cm³/mol. The van der Waals surface area contributed by atoms with E-state index in [0.29, 0.717) is 11.1 Å². The summed E-state index contributed by atoms with van der Waals surface area (Å²) in [6.45, 7) is 3.22. The molecule has 0 bridgehead atoms. The van der Waals surface area contributed by atoms with Crippen LogP contribution in [0.1, 0.15) is 29.8 Å². The molecule has 1 fully saturated rings. The molecule has 0 aliphatic carbocycles. The van der Waals surface area contributed by atoms with Crippen LogP contribution in [0.2, 0.25) is 0 Å². The van der Waals surface area contributed by atoms with Gasteiger partial charge in [-0.15, -0.1) is 0 Å². The first kappa shape index (κ1) is 17.4. The van der Waals surface area contributed by atoms with Crippen molar-refractivity contribution in [2.45, 2.75) is 25.4 Å².